The SMILES string of the molecule is S=P(C1=C(N2CCOCC2)/C(=C/c2ccccc2)CCC1)(c1ccccc1)N1CCOCC1. The molecule has 1 unspecified atom stereocenters. The highest BCUT2D eigenvalue weighted by Crippen LogP contribution is 2.61. The van der Waals surface area contributed by atoms with E-state index in [9.17, 15) is 0 Å². The van der Waals surface area contributed by atoms with E-state index in [0.29, 0.717) is 0 Å². The van der Waals surface area contributed by atoms with E-state index in [1.165, 1.54) is 27.5 Å². The van der Waals surface area contributed by atoms with Crippen LogP contribution in [0, 0.1) is 0 Å². The fraction of sp³-hybridized carbons (Fsp3) is 0.407. The minimum absolute atomic E-state index is 0.762. The molecule has 3 aliphatic rings. The van der Waals surface area contributed by atoms with Crippen molar-refractivity contribution in [2.75, 3.05) is 52.6 Å². The van der Waals surface area contributed by atoms with Crippen LogP contribution in [0.3, 0.4) is 0 Å². The lowest BCUT2D eigenvalue weighted by Crippen LogP contribution is -2.40. The molecule has 0 N–H and O–H groups in total. The first-order valence-electron chi connectivity index (χ1n) is 12.1. The molecule has 0 aromatic heterocycles. The molecular weight excluding hydrogens is 447 g/mol. The molecule has 0 radical (unpaired) electrons. The molecule has 174 valence electrons. The first-order valence-corrected chi connectivity index (χ1v) is 14.8. The van der Waals surface area contributed by atoms with Gasteiger partial charge in [0.05, 0.1) is 32.6 Å². The van der Waals surface area contributed by atoms with Crippen LogP contribution in [0.2, 0.25) is 0 Å². The van der Waals surface area contributed by atoms with Crippen LogP contribution in [0.5, 0.6) is 0 Å². The second kappa shape index (κ2) is 10.7. The van der Waals surface area contributed by atoms with Gasteiger partial charge < -0.3 is 14.4 Å². The molecule has 33 heavy (non-hydrogen) atoms. The van der Waals surface area contributed by atoms with Crippen LogP contribution in [0.4, 0.5) is 0 Å². The van der Waals surface area contributed by atoms with Crippen LogP contribution in [0.25, 0.3) is 6.08 Å². The number of morpholine rings is 2. The molecule has 2 fully saturated rings. The Bertz CT molecular complexity index is 1040. The monoisotopic (exact) mass is 480 g/mol. The lowest BCUT2D eigenvalue weighted by molar-refractivity contribution is 0.0539. The molecule has 5 rings (SSSR count). The van der Waals surface area contributed by atoms with Crippen LogP contribution in [-0.2, 0) is 21.3 Å². The van der Waals surface area contributed by atoms with Crippen LogP contribution < -0.4 is 5.30 Å². The normalized spacial score (nSPS) is 23.5. The maximum absolute atomic E-state index is 6.81. The molecule has 6 heteroatoms. The Labute approximate surface area is 202 Å². The van der Waals surface area contributed by atoms with Crippen molar-refractivity contribution in [1.29, 1.82) is 0 Å². The Hall–Kier alpha value is -1.75. The maximum atomic E-state index is 6.81. The van der Waals surface area contributed by atoms with E-state index in [-0.39, 0.29) is 0 Å². The smallest absolute Gasteiger partial charge is 0.0692 e. The van der Waals surface area contributed by atoms with Crippen molar-refractivity contribution in [2.24, 2.45) is 0 Å². The molecule has 1 atom stereocenters. The van der Waals surface area contributed by atoms with Crippen molar-refractivity contribution < 1.29 is 9.47 Å². The van der Waals surface area contributed by atoms with E-state index >= 15 is 0 Å². The quantitative estimate of drug-likeness (QED) is 0.570. The zero-order valence-corrected chi connectivity index (χ0v) is 20.9. The van der Waals surface area contributed by atoms with Gasteiger partial charge in [-0.25, -0.2) is 0 Å². The van der Waals surface area contributed by atoms with Gasteiger partial charge in [0.1, 0.15) is 0 Å². The van der Waals surface area contributed by atoms with Gasteiger partial charge in [-0.3, -0.25) is 4.67 Å². The number of allylic oxidation sites excluding steroid dienone is 2. The summed E-state index contributed by atoms with van der Waals surface area (Å²) in [6.07, 6.45) is 3.57. The largest absolute Gasteiger partial charge is 0.379 e. The van der Waals surface area contributed by atoms with Gasteiger partial charge >= 0.3 is 0 Å². The Morgan fingerprint density at radius 1 is 0.758 bits per heavy atom. The van der Waals surface area contributed by atoms with Gasteiger partial charge in [0.15, 0.2) is 0 Å². The molecule has 2 aromatic carbocycles. The third-order valence-electron chi connectivity index (χ3n) is 6.76. The van der Waals surface area contributed by atoms with E-state index < -0.39 is 6.19 Å². The minimum atomic E-state index is -2.14. The van der Waals surface area contributed by atoms with Crippen molar-refractivity contribution in [3.05, 3.63) is 82.8 Å². The fourth-order valence-corrected chi connectivity index (χ4v) is 9.89. The fourth-order valence-electron chi connectivity index (χ4n) is 5.18. The summed E-state index contributed by atoms with van der Waals surface area (Å²) < 4.78 is 14.1. The summed E-state index contributed by atoms with van der Waals surface area (Å²) in [5, 5.41) is 2.80. The van der Waals surface area contributed by atoms with Crippen LogP contribution in [0.1, 0.15) is 24.8 Å². The second-order valence-corrected chi connectivity index (χ2v) is 13.2. The average Bonchev–Trinajstić information content (AvgIpc) is 2.90. The molecule has 0 bridgehead atoms. The molecule has 1 aliphatic carbocycles. The van der Waals surface area contributed by atoms with E-state index in [1.54, 1.807) is 0 Å². The Morgan fingerprint density at radius 2 is 1.36 bits per heavy atom. The molecule has 2 aromatic rings. The number of hydrogen-bond acceptors (Lipinski definition) is 4. The predicted octanol–water partition coefficient (Wildman–Crippen LogP) is 4.85. The summed E-state index contributed by atoms with van der Waals surface area (Å²) in [7, 11) is 0. The standard InChI is InChI=1S/C27H33N2O2PS/c33-32(25-11-5-2-6-12-25,29-16-20-31-21-17-29)26-13-7-10-24(22-23-8-3-1-4-9-23)27(26)28-14-18-30-19-15-28/h1-6,8-9,11-12,22H,7,10,13-21H2/b24-22+. The van der Waals surface area contributed by atoms with Crippen molar-refractivity contribution in [3.8, 4) is 0 Å². The van der Waals surface area contributed by atoms with Crippen molar-refractivity contribution in [2.45, 2.75) is 19.3 Å². The van der Waals surface area contributed by atoms with Crippen molar-refractivity contribution >= 4 is 29.4 Å². The number of hydrogen-bond donors (Lipinski definition) is 0. The Kier molecular flexibility index (Phi) is 7.44. The summed E-state index contributed by atoms with van der Waals surface area (Å²) in [5.41, 5.74) is 4.11. The average molecular weight is 481 g/mol. The lowest BCUT2D eigenvalue weighted by Gasteiger charge is -2.44. The molecule has 0 amide bonds. The zero-order valence-electron chi connectivity index (χ0n) is 19.2. The third-order valence-corrected chi connectivity index (χ3v) is 12.1. The summed E-state index contributed by atoms with van der Waals surface area (Å²) in [5.74, 6) is 0. The van der Waals surface area contributed by atoms with Gasteiger partial charge in [-0.15, -0.1) is 0 Å². The highest BCUT2D eigenvalue weighted by atomic mass is 32.4. The maximum Gasteiger partial charge on any atom is 0.0692 e. The van der Waals surface area contributed by atoms with E-state index in [4.69, 9.17) is 21.3 Å². The Morgan fingerprint density at radius 3 is 2.03 bits per heavy atom. The number of nitrogens with zero attached hydrogens (tertiary/aromatic N) is 2. The number of ether oxygens (including phenoxy) is 2. The molecular formula is C27H33N2O2PS. The minimum Gasteiger partial charge on any atom is -0.379 e. The van der Waals surface area contributed by atoms with Gasteiger partial charge in [0.2, 0.25) is 0 Å². The van der Waals surface area contributed by atoms with Gasteiger partial charge in [0, 0.05) is 42.5 Å². The zero-order chi connectivity index (χ0) is 22.5. The van der Waals surface area contributed by atoms with Gasteiger partial charge in [-0.2, -0.15) is 0 Å². The van der Waals surface area contributed by atoms with Crippen LogP contribution in [0.15, 0.2) is 77.2 Å². The molecule has 2 saturated heterocycles. The van der Waals surface area contributed by atoms with Crippen LogP contribution >= 0.6 is 6.19 Å². The molecule has 2 heterocycles. The first kappa shape index (κ1) is 23.0. The van der Waals surface area contributed by atoms with Crippen molar-refractivity contribution in [3.63, 3.8) is 0 Å². The molecule has 0 spiro atoms. The van der Waals surface area contributed by atoms with Gasteiger partial charge in [0.25, 0.3) is 0 Å². The van der Waals surface area contributed by atoms with E-state index in [0.717, 1.165) is 71.9 Å². The number of rotatable bonds is 5. The first-order chi connectivity index (χ1) is 16.3. The predicted molar refractivity (Wildman–Crippen MR) is 140 cm³/mol. The van der Waals surface area contributed by atoms with Crippen LogP contribution in [-0.4, -0.2) is 62.2 Å². The highest BCUT2D eigenvalue weighted by molar-refractivity contribution is 8.19. The topological polar surface area (TPSA) is 24.9 Å². The highest BCUT2D eigenvalue weighted by Gasteiger charge is 2.38. The molecule has 4 nitrogen and oxygen atoms in total. The summed E-state index contributed by atoms with van der Waals surface area (Å²) in [4.78, 5) is 2.57. The molecule has 0 saturated carbocycles. The van der Waals surface area contributed by atoms with Gasteiger partial charge in [-0.1, -0.05) is 72.5 Å². The summed E-state index contributed by atoms with van der Waals surface area (Å²) >= 11 is 6.81. The van der Waals surface area contributed by atoms with Gasteiger partial charge in [-0.05, 0) is 36.5 Å². The lowest BCUT2D eigenvalue weighted by atomic mass is 9.94. The Balaban J connectivity index is 1.70. The van der Waals surface area contributed by atoms with Crippen molar-refractivity contribution in [1.82, 2.24) is 9.57 Å². The number of benzene rings is 2. The second-order valence-electron chi connectivity index (χ2n) is 8.81. The third kappa shape index (κ3) is 4.89. The van der Waals surface area contributed by atoms with E-state index in [1.807, 2.05) is 0 Å². The van der Waals surface area contributed by atoms with E-state index in [2.05, 4.69) is 76.3 Å². The summed E-state index contributed by atoms with van der Waals surface area (Å²) in [6.45, 7) is 6.75. The summed E-state index contributed by atoms with van der Waals surface area (Å²) in [6, 6.07) is 21.6. The molecule has 2 aliphatic heterocycles.